The monoisotopic (exact) mass is 521 g/mol. The number of likely N-dealkylation sites (tertiary alicyclic amines) is 1. The number of rotatable bonds is 11. The fourth-order valence-electron chi connectivity index (χ4n) is 4.53. The number of carbonyl (C=O) groups is 1. The fourth-order valence-corrected chi connectivity index (χ4v) is 6.17. The molecule has 8 heteroatoms. The predicted molar refractivity (Wildman–Crippen MR) is 146 cm³/mol. The van der Waals surface area contributed by atoms with Crippen molar-refractivity contribution in [3.8, 4) is 0 Å². The highest BCUT2D eigenvalue weighted by Crippen LogP contribution is 2.25. The van der Waals surface area contributed by atoms with Crippen molar-refractivity contribution in [1.29, 1.82) is 0 Å². The average molecular weight is 522 g/mol. The SMILES string of the molecule is CCN(CC)S(=O)(=O)N(Cc1ccccc1)c1ccc(C(=O)N2CCC(OCc3ccccc3)C2)cc1. The van der Waals surface area contributed by atoms with Crippen LogP contribution in [0.2, 0.25) is 0 Å². The van der Waals surface area contributed by atoms with Gasteiger partial charge in [-0.3, -0.25) is 9.10 Å². The molecule has 0 aliphatic carbocycles. The number of benzene rings is 3. The van der Waals surface area contributed by atoms with Gasteiger partial charge in [-0.1, -0.05) is 74.5 Å². The van der Waals surface area contributed by atoms with Gasteiger partial charge in [-0.15, -0.1) is 0 Å². The normalized spacial score (nSPS) is 15.8. The maximum absolute atomic E-state index is 13.5. The highest BCUT2D eigenvalue weighted by atomic mass is 32.2. The highest BCUT2D eigenvalue weighted by molar-refractivity contribution is 7.90. The van der Waals surface area contributed by atoms with Crippen LogP contribution in [0.3, 0.4) is 0 Å². The van der Waals surface area contributed by atoms with Crippen LogP contribution in [0.1, 0.15) is 41.8 Å². The Balaban J connectivity index is 1.46. The molecule has 0 saturated carbocycles. The lowest BCUT2D eigenvalue weighted by molar-refractivity contribution is 0.0437. The van der Waals surface area contributed by atoms with Crippen molar-refractivity contribution in [2.45, 2.75) is 39.5 Å². The fraction of sp³-hybridized carbons (Fsp3) is 0.345. The van der Waals surface area contributed by atoms with E-state index in [0.29, 0.717) is 44.0 Å². The first-order valence-corrected chi connectivity index (χ1v) is 14.2. The minimum atomic E-state index is -3.75. The van der Waals surface area contributed by atoms with Gasteiger partial charge in [-0.05, 0) is 41.8 Å². The van der Waals surface area contributed by atoms with Crippen LogP contribution in [0.4, 0.5) is 5.69 Å². The quantitative estimate of drug-likeness (QED) is 0.366. The Morgan fingerprint density at radius 2 is 1.49 bits per heavy atom. The number of anilines is 1. The van der Waals surface area contributed by atoms with Gasteiger partial charge in [0.15, 0.2) is 0 Å². The van der Waals surface area contributed by atoms with Gasteiger partial charge in [-0.25, -0.2) is 0 Å². The number of nitrogens with zero attached hydrogens (tertiary/aromatic N) is 3. The molecular formula is C29H35N3O4S. The summed E-state index contributed by atoms with van der Waals surface area (Å²) in [6.45, 7) is 6.33. The summed E-state index contributed by atoms with van der Waals surface area (Å²) in [7, 11) is -3.75. The Morgan fingerprint density at radius 3 is 2.08 bits per heavy atom. The second-order valence-corrected chi connectivity index (χ2v) is 10.9. The van der Waals surface area contributed by atoms with Crippen LogP contribution in [0.5, 0.6) is 0 Å². The molecule has 1 aliphatic rings. The lowest BCUT2D eigenvalue weighted by Crippen LogP contribution is -2.43. The lowest BCUT2D eigenvalue weighted by atomic mass is 10.1. The standard InChI is InChI=1S/C29H35N3O4S/c1-3-31(4-2)37(34,35)32(21-24-11-7-5-8-12-24)27-17-15-26(16-18-27)29(33)30-20-19-28(22-30)36-23-25-13-9-6-10-14-25/h5-18,28H,3-4,19-23H2,1-2H3. The molecule has 1 fully saturated rings. The largest absolute Gasteiger partial charge is 0.372 e. The minimum Gasteiger partial charge on any atom is -0.372 e. The summed E-state index contributed by atoms with van der Waals surface area (Å²) in [6.07, 6.45) is 0.799. The summed E-state index contributed by atoms with van der Waals surface area (Å²) in [4.78, 5) is 15.0. The number of ether oxygens (including phenoxy) is 1. The molecule has 0 spiro atoms. The van der Waals surface area contributed by atoms with Crippen molar-refractivity contribution < 1.29 is 17.9 Å². The summed E-state index contributed by atoms with van der Waals surface area (Å²) in [5, 5.41) is 0. The molecule has 1 aliphatic heterocycles. The van der Waals surface area contributed by atoms with Crippen LogP contribution in [-0.4, -0.2) is 55.8 Å². The van der Waals surface area contributed by atoms with Crippen LogP contribution in [0.15, 0.2) is 84.9 Å². The Labute approximate surface area is 220 Å². The van der Waals surface area contributed by atoms with E-state index in [-0.39, 0.29) is 18.6 Å². The van der Waals surface area contributed by atoms with E-state index in [1.807, 2.05) is 74.5 Å². The van der Waals surface area contributed by atoms with E-state index in [9.17, 15) is 13.2 Å². The molecule has 3 aromatic carbocycles. The van der Waals surface area contributed by atoms with E-state index in [0.717, 1.165) is 17.5 Å². The van der Waals surface area contributed by atoms with E-state index in [1.54, 1.807) is 29.2 Å². The van der Waals surface area contributed by atoms with Crippen LogP contribution in [-0.2, 0) is 28.1 Å². The molecule has 3 aromatic rings. The molecule has 1 atom stereocenters. The highest BCUT2D eigenvalue weighted by Gasteiger charge is 2.30. The van der Waals surface area contributed by atoms with E-state index < -0.39 is 10.2 Å². The van der Waals surface area contributed by atoms with Gasteiger partial charge in [0.2, 0.25) is 0 Å². The third-order valence-electron chi connectivity index (χ3n) is 6.64. The van der Waals surface area contributed by atoms with E-state index in [2.05, 4.69) is 0 Å². The van der Waals surface area contributed by atoms with E-state index in [4.69, 9.17) is 4.74 Å². The molecule has 0 aromatic heterocycles. The topological polar surface area (TPSA) is 70.2 Å². The number of amides is 1. The summed E-state index contributed by atoms with van der Waals surface area (Å²) >= 11 is 0. The lowest BCUT2D eigenvalue weighted by Gasteiger charge is -2.30. The van der Waals surface area contributed by atoms with E-state index >= 15 is 0 Å². The second-order valence-electron chi connectivity index (χ2n) is 9.09. The van der Waals surface area contributed by atoms with Crippen LogP contribution in [0, 0.1) is 0 Å². The molecule has 196 valence electrons. The van der Waals surface area contributed by atoms with Crippen molar-refractivity contribution in [2.24, 2.45) is 0 Å². The molecule has 7 nitrogen and oxygen atoms in total. The zero-order valence-corrected chi connectivity index (χ0v) is 22.3. The van der Waals surface area contributed by atoms with Gasteiger partial charge in [0.25, 0.3) is 5.91 Å². The van der Waals surface area contributed by atoms with Crippen molar-refractivity contribution in [1.82, 2.24) is 9.21 Å². The summed E-state index contributed by atoms with van der Waals surface area (Å²) in [5.74, 6) is -0.0708. The molecule has 1 amide bonds. The van der Waals surface area contributed by atoms with Gasteiger partial charge in [0.05, 0.1) is 24.9 Å². The molecule has 4 rings (SSSR count). The molecule has 0 bridgehead atoms. The summed E-state index contributed by atoms with van der Waals surface area (Å²) in [5.41, 5.74) is 3.06. The average Bonchev–Trinajstić information content (AvgIpc) is 3.41. The third kappa shape index (κ3) is 6.57. The Kier molecular flexibility index (Phi) is 8.97. The Hall–Kier alpha value is -3.20. The molecule has 1 unspecified atom stereocenters. The first-order valence-electron chi connectivity index (χ1n) is 12.8. The second kappa shape index (κ2) is 12.4. The number of hydrogen-bond donors (Lipinski definition) is 0. The smallest absolute Gasteiger partial charge is 0.304 e. The van der Waals surface area contributed by atoms with Gasteiger partial charge >= 0.3 is 10.2 Å². The minimum absolute atomic E-state index is 0.00371. The van der Waals surface area contributed by atoms with Crippen molar-refractivity contribution in [3.63, 3.8) is 0 Å². The molecule has 37 heavy (non-hydrogen) atoms. The van der Waals surface area contributed by atoms with Crippen molar-refractivity contribution in [2.75, 3.05) is 30.5 Å². The molecule has 1 heterocycles. The Morgan fingerprint density at radius 1 is 0.892 bits per heavy atom. The van der Waals surface area contributed by atoms with Gasteiger partial charge < -0.3 is 9.64 Å². The Bertz CT molecular complexity index is 1250. The van der Waals surface area contributed by atoms with Crippen LogP contribution < -0.4 is 4.31 Å². The van der Waals surface area contributed by atoms with Gasteiger partial charge in [0, 0.05) is 31.7 Å². The van der Waals surface area contributed by atoms with Gasteiger partial charge in [-0.2, -0.15) is 12.7 Å². The van der Waals surface area contributed by atoms with Crippen LogP contribution in [0.25, 0.3) is 0 Å². The first-order chi connectivity index (χ1) is 17.9. The van der Waals surface area contributed by atoms with Gasteiger partial charge in [0.1, 0.15) is 0 Å². The summed E-state index contributed by atoms with van der Waals surface area (Å²) < 4.78 is 35.8. The maximum Gasteiger partial charge on any atom is 0.304 e. The predicted octanol–water partition coefficient (Wildman–Crippen LogP) is 4.71. The van der Waals surface area contributed by atoms with Crippen molar-refractivity contribution >= 4 is 21.8 Å². The zero-order valence-electron chi connectivity index (χ0n) is 21.5. The maximum atomic E-state index is 13.5. The molecule has 0 radical (unpaired) electrons. The number of hydrogen-bond acceptors (Lipinski definition) is 4. The summed E-state index contributed by atoms with van der Waals surface area (Å²) in [6, 6.07) is 26.4. The van der Waals surface area contributed by atoms with Crippen molar-refractivity contribution in [3.05, 3.63) is 102 Å². The van der Waals surface area contributed by atoms with E-state index in [1.165, 1.54) is 8.61 Å². The molecule has 1 saturated heterocycles. The third-order valence-corrected chi connectivity index (χ3v) is 8.71. The first kappa shape index (κ1) is 26.9. The molecular weight excluding hydrogens is 486 g/mol. The van der Waals surface area contributed by atoms with Crippen LogP contribution >= 0.6 is 0 Å². The number of carbonyl (C=O) groups excluding carboxylic acids is 1. The zero-order chi connectivity index (χ0) is 26.3. The molecule has 0 N–H and O–H groups in total.